The van der Waals surface area contributed by atoms with Crippen LogP contribution in [0.2, 0.25) is 0 Å². The van der Waals surface area contributed by atoms with Crippen molar-refractivity contribution in [1.29, 1.82) is 10.8 Å². The van der Waals surface area contributed by atoms with Gasteiger partial charge in [0, 0.05) is 29.4 Å². The molecular formula is C23H29ClN4O2. The van der Waals surface area contributed by atoms with Gasteiger partial charge in [-0.25, -0.2) is 0 Å². The minimum atomic E-state index is -0.660. The van der Waals surface area contributed by atoms with Crippen molar-refractivity contribution < 1.29 is 9.53 Å². The number of rotatable bonds is 10. The second kappa shape index (κ2) is 11.8. The molecule has 0 aliphatic heterocycles. The molecule has 0 saturated heterocycles. The Balaban J connectivity index is 0.00000450. The molecule has 6 nitrogen and oxygen atoms in total. The summed E-state index contributed by atoms with van der Waals surface area (Å²) in [4.78, 5) is 11.6. The molecule has 160 valence electrons. The number of carbonyl (C=O) groups is 1. The molecule has 7 heteroatoms. The van der Waals surface area contributed by atoms with E-state index in [9.17, 15) is 4.79 Å². The van der Waals surface area contributed by atoms with E-state index in [0.29, 0.717) is 11.3 Å². The highest BCUT2D eigenvalue weighted by molar-refractivity contribution is 5.95. The van der Waals surface area contributed by atoms with E-state index >= 15 is 0 Å². The highest BCUT2D eigenvalue weighted by Crippen LogP contribution is 2.25. The van der Waals surface area contributed by atoms with Gasteiger partial charge >= 0.3 is 5.97 Å². The molecule has 5 N–H and O–H groups in total. The van der Waals surface area contributed by atoms with Crippen molar-refractivity contribution in [3.63, 3.8) is 0 Å². The van der Waals surface area contributed by atoms with Crippen molar-refractivity contribution in [2.45, 2.75) is 39.3 Å². The number of benzene rings is 2. The number of anilines is 1. The number of hydrogen-bond acceptors (Lipinski definition) is 5. The van der Waals surface area contributed by atoms with E-state index in [0.717, 1.165) is 41.6 Å². The second-order valence-electron chi connectivity index (χ2n) is 6.92. The van der Waals surface area contributed by atoms with Gasteiger partial charge in [-0.1, -0.05) is 24.8 Å². The van der Waals surface area contributed by atoms with E-state index < -0.39 is 12.2 Å². The van der Waals surface area contributed by atoms with Gasteiger partial charge in [0.15, 0.2) is 6.23 Å². The molecule has 0 aromatic heterocycles. The van der Waals surface area contributed by atoms with Gasteiger partial charge in [-0.05, 0) is 67.6 Å². The van der Waals surface area contributed by atoms with Crippen LogP contribution in [0.15, 0.2) is 49.0 Å². The first-order valence-electron chi connectivity index (χ1n) is 9.47. The lowest BCUT2D eigenvalue weighted by Gasteiger charge is -2.21. The summed E-state index contributed by atoms with van der Waals surface area (Å²) in [7, 11) is 0. The van der Waals surface area contributed by atoms with E-state index in [2.05, 4.69) is 11.9 Å². The number of aryl methyl sites for hydroxylation is 1. The van der Waals surface area contributed by atoms with Crippen LogP contribution in [0.3, 0.4) is 0 Å². The van der Waals surface area contributed by atoms with Crippen LogP contribution in [0.5, 0.6) is 0 Å². The van der Waals surface area contributed by atoms with Crippen molar-refractivity contribution in [3.05, 3.63) is 71.3 Å². The van der Waals surface area contributed by atoms with Gasteiger partial charge in [0.2, 0.25) is 0 Å². The summed E-state index contributed by atoms with van der Waals surface area (Å²) in [6.07, 6.45) is 3.67. The van der Waals surface area contributed by atoms with E-state index in [1.807, 2.05) is 25.1 Å². The Morgan fingerprint density at radius 1 is 1.20 bits per heavy atom. The number of ether oxygens (including phenoxy) is 1. The molecular weight excluding hydrogens is 400 g/mol. The minimum Gasteiger partial charge on any atom is -0.438 e. The van der Waals surface area contributed by atoms with Gasteiger partial charge in [0.05, 0.1) is 0 Å². The number of nitrogen functional groups attached to an aromatic ring is 1. The Morgan fingerprint density at radius 2 is 1.87 bits per heavy atom. The summed E-state index contributed by atoms with van der Waals surface area (Å²) in [5.41, 5.74) is 10.5. The first kappa shape index (κ1) is 24.9. The molecule has 0 amide bonds. The minimum absolute atomic E-state index is 0. The smallest absolute Gasteiger partial charge is 0.304 e. The molecule has 0 aliphatic carbocycles. The maximum atomic E-state index is 11.6. The van der Waals surface area contributed by atoms with Crippen LogP contribution in [0.25, 0.3) is 6.08 Å². The molecule has 0 fully saturated rings. The van der Waals surface area contributed by atoms with Crippen molar-refractivity contribution in [2.75, 3.05) is 5.32 Å². The highest BCUT2D eigenvalue weighted by Gasteiger charge is 2.16. The summed E-state index contributed by atoms with van der Waals surface area (Å²) < 4.78 is 5.49. The molecule has 2 rings (SSSR count). The number of amidine groups is 1. The lowest BCUT2D eigenvalue weighted by molar-refractivity contribution is -0.145. The molecule has 0 bridgehead atoms. The molecule has 30 heavy (non-hydrogen) atoms. The van der Waals surface area contributed by atoms with Crippen LogP contribution in [0.1, 0.15) is 55.2 Å². The number of esters is 1. The largest absolute Gasteiger partial charge is 0.438 e. The zero-order valence-corrected chi connectivity index (χ0v) is 18.1. The average Bonchev–Trinajstić information content (AvgIpc) is 2.67. The Kier molecular flexibility index (Phi) is 9.78. The maximum absolute atomic E-state index is 11.6. The van der Waals surface area contributed by atoms with E-state index in [4.69, 9.17) is 21.3 Å². The number of hydrogen-bond donors (Lipinski definition) is 4. The van der Waals surface area contributed by atoms with Gasteiger partial charge in [0.25, 0.3) is 0 Å². The first-order chi connectivity index (χ1) is 13.8. The van der Waals surface area contributed by atoms with Gasteiger partial charge < -0.3 is 21.2 Å². The van der Waals surface area contributed by atoms with Gasteiger partial charge in [-0.15, -0.1) is 12.4 Å². The molecule has 0 aliphatic rings. The monoisotopic (exact) mass is 428 g/mol. The first-order valence-corrected chi connectivity index (χ1v) is 9.47. The van der Waals surface area contributed by atoms with Crippen molar-refractivity contribution in [1.82, 2.24) is 0 Å². The highest BCUT2D eigenvalue weighted by atomic mass is 35.5. The third-order valence-electron chi connectivity index (χ3n) is 4.47. The van der Waals surface area contributed by atoms with Crippen LogP contribution in [0.4, 0.5) is 5.69 Å². The Labute approximate surface area is 184 Å². The van der Waals surface area contributed by atoms with Crippen molar-refractivity contribution in [3.8, 4) is 0 Å². The van der Waals surface area contributed by atoms with E-state index in [1.54, 1.807) is 30.3 Å². The summed E-state index contributed by atoms with van der Waals surface area (Å²) in [6, 6.07) is 13.0. The molecule has 2 aromatic rings. The van der Waals surface area contributed by atoms with Crippen LogP contribution in [-0.2, 0) is 16.0 Å². The fraction of sp³-hybridized carbons (Fsp3) is 0.261. The molecule has 0 saturated carbocycles. The zero-order valence-electron chi connectivity index (χ0n) is 17.3. The van der Waals surface area contributed by atoms with Gasteiger partial charge in [-0.2, -0.15) is 0 Å². The fourth-order valence-corrected chi connectivity index (χ4v) is 2.98. The lowest BCUT2D eigenvalue weighted by Crippen LogP contribution is -2.18. The number of carbonyl (C=O) groups excluding carboxylic acids is 1. The number of nitrogens with one attached hydrogen (secondary N) is 3. The second-order valence-corrected chi connectivity index (χ2v) is 6.92. The van der Waals surface area contributed by atoms with Gasteiger partial charge in [0.1, 0.15) is 5.84 Å². The van der Waals surface area contributed by atoms with Crippen LogP contribution in [-0.4, -0.2) is 17.5 Å². The SMILES string of the molecule is C=Cc1cc(C(Nc2ccc(C(=N)N)cc2)OC(C)=O)ccc1CCCC(C)=N.Cl. The Bertz CT molecular complexity index is 910. The summed E-state index contributed by atoms with van der Waals surface area (Å²) >= 11 is 0. The quantitative estimate of drug-likeness (QED) is 0.183. The molecule has 1 unspecified atom stereocenters. The normalized spacial score (nSPS) is 11.0. The van der Waals surface area contributed by atoms with Crippen LogP contribution >= 0.6 is 12.4 Å². The third-order valence-corrected chi connectivity index (χ3v) is 4.47. The van der Waals surface area contributed by atoms with Gasteiger partial charge in [-0.3, -0.25) is 10.2 Å². The van der Waals surface area contributed by atoms with E-state index in [-0.39, 0.29) is 18.2 Å². The van der Waals surface area contributed by atoms with Crippen LogP contribution < -0.4 is 11.1 Å². The number of nitrogens with two attached hydrogens (primary N) is 1. The predicted octanol–water partition coefficient (Wildman–Crippen LogP) is 5.07. The molecule has 0 heterocycles. The Morgan fingerprint density at radius 3 is 2.40 bits per heavy atom. The van der Waals surface area contributed by atoms with E-state index in [1.165, 1.54) is 6.92 Å². The van der Waals surface area contributed by atoms with Crippen LogP contribution in [0, 0.1) is 10.8 Å². The third kappa shape index (κ3) is 7.37. The van der Waals surface area contributed by atoms with Crippen molar-refractivity contribution >= 4 is 41.7 Å². The molecule has 0 spiro atoms. The fourth-order valence-electron chi connectivity index (χ4n) is 2.98. The summed E-state index contributed by atoms with van der Waals surface area (Å²) in [5.74, 6) is -0.397. The topological polar surface area (TPSA) is 112 Å². The number of halogens is 1. The lowest BCUT2D eigenvalue weighted by atomic mass is 9.98. The molecule has 0 radical (unpaired) electrons. The van der Waals surface area contributed by atoms with Crippen molar-refractivity contribution in [2.24, 2.45) is 5.73 Å². The predicted molar refractivity (Wildman–Crippen MR) is 126 cm³/mol. The Hall–Kier alpha value is -3.12. The zero-order chi connectivity index (χ0) is 21.4. The molecule has 2 aromatic carbocycles. The standard InChI is InChI=1S/C23H28N4O2.ClH/c1-4-17-14-20(9-8-18(17)7-5-6-15(2)24)23(29-16(3)28)27-21-12-10-19(11-13-21)22(25)26;/h4,8-14,23-24,27H,1,5-7H2,2-3H3,(H3,25,26);1H. The average molecular weight is 429 g/mol. The molecule has 1 atom stereocenters. The summed E-state index contributed by atoms with van der Waals surface area (Å²) in [5, 5.41) is 18.2. The summed E-state index contributed by atoms with van der Waals surface area (Å²) in [6.45, 7) is 7.09. The maximum Gasteiger partial charge on any atom is 0.304 e.